The van der Waals surface area contributed by atoms with E-state index < -0.39 is 17.8 Å². The van der Waals surface area contributed by atoms with Crippen LogP contribution in [0.3, 0.4) is 0 Å². The fraction of sp³-hybridized carbons (Fsp3) is 0.316. The van der Waals surface area contributed by atoms with Gasteiger partial charge in [-0.25, -0.2) is 4.68 Å². The quantitative estimate of drug-likeness (QED) is 0.390. The Bertz CT molecular complexity index is 912. The number of Topliss-reactive ketones (excluding diaryl/α,β-unsaturated/α-hetero) is 1. The van der Waals surface area contributed by atoms with E-state index in [-0.39, 0.29) is 5.78 Å². The Morgan fingerprint density at radius 3 is 2.61 bits per heavy atom. The molecular weight excluding hydrogens is 396 g/mol. The molecule has 0 radical (unpaired) electrons. The topological polar surface area (TPSA) is 98.0 Å². The third-order valence-corrected chi connectivity index (χ3v) is 6.03. The first kappa shape index (κ1) is 20.2. The second kappa shape index (κ2) is 9.61. The van der Waals surface area contributed by atoms with Gasteiger partial charge in [0.1, 0.15) is 12.2 Å². The number of nitrogens with zero attached hydrogens (tertiary/aromatic N) is 4. The average molecular weight is 417 g/mol. The third kappa shape index (κ3) is 5.05. The van der Waals surface area contributed by atoms with Crippen LogP contribution in [0.25, 0.3) is 0 Å². The van der Waals surface area contributed by atoms with Crippen molar-refractivity contribution in [2.45, 2.75) is 25.3 Å². The summed E-state index contributed by atoms with van der Waals surface area (Å²) in [6.45, 7) is 0.433. The van der Waals surface area contributed by atoms with Gasteiger partial charge in [-0.2, -0.15) is 12.6 Å². The predicted octanol–water partition coefficient (Wildman–Crippen LogP) is 2.70. The van der Waals surface area contributed by atoms with E-state index in [1.165, 1.54) is 17.7 Å². The number of carboxylic acid groups (broad SMARTS) is 1. The van der Waals surface area contributed by atoms with Gasteiger partial charge in [-0.15, -0.1) is 16.4 Å². The molecule has 0 spiro atoms. The largest absolute Gasteiger partial charge is 0.480 e. The van der Waals surface area contributed by atoms with Gasteiger partial charge >= 0.3 is 5.97 Å². The van der Waals surface area contributed by atoms with Gasteiger partial charge in [-0.3, -0.25) is 9.59 Å². The highest BCUT2D eigenvalue weighted by Gasteiger charge is 2.34. The monoisotopic (exact) mass is 416 g/mol. The van der Waals surface area contributed by atoms with Gasteiger partial charge in [-0.05, 0) is 41.0 Å². The van der Waals surface area contributed by atoms with Crippen molar-refractivity contribution in [3.05, 3.63) is 64.1 Å². The first-order valence-corrected chi connectivity index (χ1v) is 10.2. The van der Waals surface area contributed by atoms with Crippen LogP contribution < -0.4 is 0 Å². The molecule has 0 aliphatic rings. The molecule has 9 heteroatoms. The maximum atomic E-state index is 13.0. The van der Waals surface area contributed by atoms with Crippen LogP contribution in [0, 0.1) is 5.92 Å². The standard InChI is InChI=1S/C19H20N4O3S2/c24-18(14(11-27)7-6-13-4-2-1-3-5-13)17(19(25)26)16-9-8-15(28-16)10-23-12-20-21-22-23/h1-5,8-9,12,14,17,27H,6-7,10-11H2,(H,25,26). The Morgan fingerprint density at radius 1 is 1.18 bits per heavy atom. The minimum absolute atomic E-state index is 0.297. The molecule has 0 bridgehead atoms. The number of carboxylic acids is 1. The number of aliphatic carboxylic acids is 1. The Hall–Kier alpha value is -2.52. The molecule has 3 rings (SSSR count). The number of rotatable bonds is 10. The highest BCUT2D eigenvalue weighted by molar-refractivity contribution is 7.80. The van der Waals surface area contributed by atoms with Crippen LogP contribution in [0.2, 0.25) is 0 Å². The van der Waals surface area contributed by atoms with Crippen molar-refractivity contribution in [3.8, 4) is 0 Å². The van der Waals surface area contributed by atoms with E-state index in [1.54, 1.807) is 10.7 Å². The van der Waals surface area contributed by atoms with Gasteiger partial charge in [0.05, 0.1) is 6.54 Å². The molecule has 1 N–H and O–H groups in total. The number of carbonyl (C=O) groups is 2. The van der Waals surface area contributed by atoms with Gasteiger partial charge in [0, 0.05) is 21.4 Å². The van der Waals surface area contributed by atoms with Gasteiger partial charge in [0.15, 0.2) is 5.78 Å². The maximum absolute atomic E-state index is 13.0. The average Bonchev–Trinajstić information content (AvgIpc) is 3.36. The van der Waals surface area contributed by atoms with Crippen LogP contribution >= 0.6 is 24.0 Å². The molecule has 0 aliphatic heterocycles. The first-order chi connectivity index (χ1) is 13.6. The molecule has 7 nitrogen and oxygen atoms in total. The maximum Gasteiger partial charge on any atom is 0.319 e. The van der Waals surface area contributed by atoms with Gasteiger partial charge in [0.25, 0.3) is 0 Å². The molecule has 2 atom stereocenters. The van der Waals surface area contributed by atoms with Crippen LogP contribution in [-0.4, -0.2) is 42.8 Å². The van der Waals surface area contributed by atoms with Crippen molar-refractivity contribution in [1.29, 1.82) is 0 Å². The van der Waals surface area contributed by atoms with E-state index in [0.717, 1.165) is 10.4 Å². The SMILES string of the molecule is O=C(O)C(C(=O)C(CS)CCc1ccccc1)c1ccc(Cn2cnnn2)s1. The Morgan fingerprint density at radius 2 is 1.96 bits per heavy atom. The normalized spacial score (nSPS) is 13.2. The molecule has 2 unspecified atom stereocenters. The number of hydrogen-bond donors (Lipinski definition) is 2. The van der Waals surface area contributed by atoms with Gasteiger partial charge in [-0.1, -0.05) is 30.3 Å². The summed E-state index contributed by atoms with van der Waals surface area (Å²) < 4.78 is 1.55. The lowest BCUT2D eigenvalue weighted by Crippen LogP contribution is -2.29. The van der Waals surface area contributed by atoms with E-state index in [2.05, 4.69) is 28.2 Å². The van der Waals surface area contributed by atoms with E-state index >= 15 is 0 Å². The zero-order valence-corrected chi connectivity index (χ0v) is 16.7. The van der Waals surface area contributed by atoms with Crippen LogP contribution in [0.1, 0.15) is 27.7 Å². The fourth-order valence-corrected chi connectivity index (χ4v) is 4.44. The Balaban J connectivity index is 1.72. The molecule has 1 aromatic carbocycles. The van der Waals surface area contributed by atoms with Crippen molar-refractivity contribution >= 4 is 35.7 Å². The molecule has 2 aromatic heterocycles. The number of aryl methyl sites for hydroxylation is 1. The molecule has 0 amide bonds. The molecule has 2 heterocycles. The van der Waals surface area contributed by atoms with Crippen LogP contribution in [-0.2, 0) is 22.6 Å². The summed E-state index contributed by atoms with van der Waals surface area (Å²) in [5.41, 5.74) is 1.12. The lowest BCUT2D eigenvalue weighted by atomic mass is 9.88. The number of benzene rings is 1. The molecule has 3 aromatic rings. The van der Waals surface area contributed by atoms with Gasteiger partial charge < -0.3 is 5.11 Å². The molecule has 0 saturated carbocycles. The van der Waals surface area contributed by atoms with Crippen molar-refractivity contribution in [3.63, 3.8) is 0 Å². The Labute approximate surface area is 171 Å². The minimum Gasteiger partial charge on any atom is -0.480 e. The summed E-state index contributed by atoms with van der Waals surface area (Å²) in [6, 6.07) is 13.3. The number of thiophene rings is 1. The zero-order chi connectivity index (χ0) is 19.9. The van der Waals surface area contributed by atoms with Crippen molar-refractivity contribution < 1.29 is 14.7 Å². The molecular formula is C19H20N4O3S2. The Kier molecular flexibility index (Phi) is 6.94. The summed E-state index contributed by atoms with van der Waals surface area (Å²) >= 11 is 5.60. The van der Waals surface area contributed by atoms with Crippen molar-refractivity contribution in [1.82, 2.24) is 20.2 Å². The smallest absolute Gasteiger partial charge is 0.319 e. The molecule has 0 fully saturated rings. The minimum atomic E-state index is -1.18. The van der Waals surface area contributed by atoms with Crippen LogP contribution in [0.5, 0.6) is 0 Å². The second-order valence-corrected chi connectivity index (χ2v) is 7.95. The lowest BCUT2D eigenvalue weighted by Gasteiger charge is -2.18. The molecule has 146 valence electrons. The van der Waals surface area contributed by atoms with E-state index in [4.69, 9.17) is 0 Å². The first-order valence-electron chi connectivity index (χ1n) is 8.79. The predicted molar refractivity (Wildman–Crippen MR) is 109 cm³/mol. The molecule has 28 heavy (non-hydrogen) atoms. The van der Waals surface area contributed by atoms with Crippen LogP contribution in [0.15, 0.2) is 48.8 Å². The number of carbonyl (C=O) groups excluding carboxylic acids is 1. The zero-order valence-electron chi connectivity index (χ0n) is 15.0. The highest BCUT2D eigenvalue weighted by Crippen LogP contribution is 2.30. The summed E-state index contributed by atoms with van der Waals surface area (Å²) in [4.78, 5) is 26.3. The number of tetrazole rings is 1. The fourth-order valence-electron chi connectivity index (χ4n) is 2.98. The van der Waals surface area contributed by atoms with Crippen molar-refractivity contribution in [2.24, 2.45) is 5.92 Å². The van der Waals surface area contributed by atoms with Crippen LogP contribution in [0.4, 0.5) is 0 Å². The second-order valence-electron chi connectivity index (χ2n) is 6.39. The number of thiol groups is 1. The van der Waals surface area contributed by atoms with E-state index in [0.29, 0.717) is 30.0 Å². The molecule has 0 saturated heterocycles. The summed E-state index contributed by atoms with van der Waals surface area (Å²) in [5, 5.41) is 20.7. The summed E-state index contributed by atoms with van der Waals surface area (Å²) in [6.07, 6.45) is 2.76. The van der Waals surface area contributed by atoms with E-state index in [1.807, 2.05) is 36.4 Å². The highest BCUT2D eigenvalue weighted by atomic mass is 32.1. The summed E-state index contributed by atoms with van der Waals surface area (Å²) in [7, 11) is 0. The van der Waals surface area contributed by atoms with E-state index in [9.17, 15) is 14.7 Å². The van der Waals surface area contributed by atoms with Crippen molar-refractivity contribution in [2.75, 3.05) is 5.75 Å². The van der Waals surface area contributed by atoms with Gasteiger partial charge in [0.2, 0.25) is 0 Å². The number of aromatic nitrogens is 4. The lowest BCUT2D eigenvalue weighted by molar-refractivity contribution is -0.143. The summed E-state index contributed by atoms with van der Waals surface area (Å²) in [5.74, 6) is -2.71. The number of hydrogen-bond acceptors (Lipinski definition) is 7. The molecule has 0 aliphatic carbocycles. The number of ketones is 1. The third-order valence-electron chi connectivity index (χ3n) is 4.45.